The van der Waals surface area contributed by atoms with Crippen LogP contribution in [0.25, 0.3) is 0 Å². The first kappa shape index (κ1) is 14.6. The van der Waals surface area contributed by atoms with Gasteiger partial charge < -0.3 is 15.6 Å². The zero-order valence-electron chi connectivity index (χ0n) is 10.6. The van der Waals surface area contributed by atoms with Gasteiger partial charge in [0.1, 0.15) is 15.5 Å². The Hall–Kier alpha value is -1.50. The number of anilines is 1. The van der Waals surface area contributed by atoms with Gasteiger partial charge in [-0.25, -0.2) is 8.42 Å². The zero-order chi connectivity index (χ0) is 13.8. The highest BCUT2D eigenvalue weighted by Crippen LogP contribution is 2.10. The van der Waals surface area contributed by atoms with Crippen LogP contribution in [0.5, 0.6) is 0 Å². The molecule has 1 aromatic rings. The lowest BCUT2D eigenvalue weighted by atomic mass is 10.3. The maximum atomic E-state index is 11.8. The number of amides is 1. The fourth-order valence-corrected chi connectivity index (χ4v) is 2.28. The number of carbonyl (C=O) groups excluding carboxylic acids is 1. The Bertz CT molecular complexity index is 520. The van der Waals surface area contributed by atoms with Crippen molar-refractivity contribution in [1.82, 2.24) is 9.88 Å². The Labute approximate surface area is 107 Å². The van der Waals surface area contributed by atoms with Gasteiger partial charge in [-0.2, -0.15) is 0 Å². The van der Waals surface area contributed by atoms with Crippen LogP contribution in [0.3, 0.4) is 0 Å². The van der Waals surface area contributed by atoms with Crippen LogP contribution < -0.4 is 11.1 Å². The fraction of sp³-hybridized carbons (Fsp3) is 0.545. The Kier molecular flexibility index (Phi) is 4.77. The molecule has 0 radical (unpaired) electrons. The Morgan fingerprint density at radius 1 is 1.50 bits per heavy atom. The normalized spacial score (nSPS) is 11.4. The molecule has 18 heavy (non-hydrogen) atoms. The van der Waals surface area contributed by atoms with Crippen molar-refractivity contribution in [1.29, 1.82) is 0 Å². The van der Waals surface area contributed by atoms with Crippen molar-refractivity contribution in [3.05, 3.63) is 18.0 Å². The third kappa shape index (κ3) is 4.40. The van der Waals surface area contributed by atoms with Crippen LogP contribution in [0, 0.1) is 0 Å². The predicted octanol–water partition coefficient (Wildman–Crippen LogP) is 0.255. The number of hydrogen-bond donors (Lipinski definition) is 2. The van der Waals surface area contributed by atoms with Crippen LogP contribution >= 0.6 is 0 Å². The number of nitrogens with two attached hydrogens (primary N) is 1. The van der Waals surface area contributed by atoms with E-state index in [1.807, 2.05) is 6.92 Å². The molecule has 0 atom stereocenters. The minimum Gasteiger partial charge on any atom is -0.397 e. The van der Waals surface area contributed by atoms with E-state index in [1.165, 1.54) is 6.26 Å². The summed E-state index contributed by atoms with van der Waals surface area (Å²) in [6.45, 7) is 2.91. The van der Waals surface area contributed by atoms with E-state index < -0.39 is 9.84 Å². The smallest absolute Gasteiger partial charge is 0.267 e. The van der Waals surface area contributed by atoms with Crippen LogP contribution in [0.15, 0.2) is 12.3 Å². The van der Waals surface area contributed by atoms with Crippen molar-refractivity contribution in [3.8, 4) is 0 Å². The summed E-state index contributed by atoms with van der Waals surface area (Å²) in [6, 6.07) is 1.61. The standard InChI is InChI=1S/C11H19N3O3S/c1-3-14-8-9(12)7-10(14)11(15)13-5-4-6-18(2,16)17/h7-8H,3-6,12H2,1-2H3,(H,13,15). The van der Waals surface area contributed by atoms with Gasteiger partial charge in [-0.05, 0) is 19.4 Å². The van der Waals surface area contributed by atoms with Gasteiger partial charge in [0.15, 0.2) is 0 Å². The highest BCUT2D eigenvalue weighted by molar-refractivity contribution is 7.90. The summed E-state index contributed by atoms with van der Waals surface area (Å²) in [6.07, 6.45) is 3.29. The molecule has 1 heterocycles. The molecular weight excluding hydrogens is 254 g/mol. The van der Waals surface area contributed by atoms with E-state index in [0.717, 1.165) is 0 Å². The van der Waals surface area contributed by atoms with Gasteiger partial charge in [0.25, 0.3) is 5.91 Å². The van der Waals surface area contributed by atoms with Gasteiger partial charge in [-0.15, -0.1) is 0 Å². The number of rotatable bonds is 6. The van der Waals surface area contributed by atoms with E-state index in [9.17, 15) is 13.2 Å². The molecule has 1 rings (SSSR count). The largest absolute Gasteiger partial charge is 0.397 e. The van der Waals surface area contributed by atoms with E-state index in [1.54, 1.807) is 16.8 Å². The molecule has 3 N–H and O–H groups in total. The molecule has 0 unspecified atom stereocenters. The van der Waals surface area contributed by atoms with Crippen LogP contribution in [-0.2, 0) is 16.4 Å². The summed E-state index contributed by atoms with van der Waals surface area (Å²) in [4.78, 5) is 11.8. The zero-order valence-corrected chi connectivity index (χ0v) is 11.5. The summed E-state index contributed by atoms with van der Waals surface area (Å²) in [7, 11) is -2.97. The first-order valence-corrected chi connectivity index (χ1v) is 7.81. The molecule has 1 aromatic heterocycles. The van der Waals surface area contributed by atoms with E-state index in [0.29, 0.717) is 30.9 Å². The quantitative estimate of drug-likeness (QED) is 0.727. The number of carbonyl (C=O) groups is 1. The molecule has 0 aliphatic heterocycles. The Morgan fingerprint density at radius 3 is 2.72 bits per heavy atom. The topological polar surface area (TPSA) is 94.2 Å². The van der Waals surface area contributed by atoms with Gasteiger partial charge in [0, 0.05) is 25.5 Å². The maximum absolute atomic E-state index is 11.8. The summed E-state index contributed by atoms with van der Waals surface area (Å²) >= 11 is 0. The molecule has 0 aromatic carbocycles. The number of nitrogens with zero attached hydrogens (tertiary/aromatic N) is 1. The molecule has 0 aliphatic rings. The number of nitrogens with one attached hydrogen (secondary N) is 1. The summed E-state index contributed by atoms with van der Waals surface area (Å²) < 4.78 is 23.6. The molecule has 1 amide bonds. The lowest BCUT2D eigenvalue weighted by Gasteiger charge is -2.07. The van der Waals surface area contributed by atoms with Crippen LogP contribution in [0.2, 0.25) is 0 Å². The predicted molar refractivity (Wildman–Crippen MR) is 71.2 cm³/mol. The summed E-state index contributed by atoms with van der Waals surface area (Å²) in [5.41, 5.74) is 6.66. The van der Waals surface area contributed by atoms with Gasteiger partial charge in [-0.3, -0.25) is 4.79 Å². The minimum absolute atomic E-state index is 0.0736. The second kappa shape index (κ2) is 5.90. The highest BCUT2D eigenvalue weighted by Gasteiger charge is 2.11. The van der Waals surface area contributed by atoms with Crippen LogP contribution in [0.1, 0.15) is 23.8 Å². The molecule has 0 saturated carbocycles. The van der Waals surface area contributed by atoms with E-state index in [-0.39, 0.29) is 11.7 Å². The minimum atomic E-state index is -2.97. The van der Waals surface area contributed by atoms with Crippen molar-refractivity contribution >= 4 is 21.4 Å². The van der Waals surface area contributed by atoms with E-state index in [4.69, 9.17) is 5.73 Å². The molecule has 7 heteroatoms. The maximum Gasteiger partial charge on any atom is 0.267 e. The van der Waals surface area contributed by atoms with Crippen LogP contribution in [0.4, 0.5) is 5.69 Å². The second-order valence-corrected chi connectivity index (χ2v) is 6.44. The van der Waals surface area contributed by atoms with E-state index >= 15 is 0 Å². The number of hydrogen-bond acceptors (Lipinski definition) is 4. The molecule has 0 aliphatic carbocycles. The van der Waals surface area contributed by atoms with Crippen LogP contribution in [-0.4, -0.2) is 37.4 Å². The average Bonchev–Trinajstić information content (AvgIpc) is 2.64. The van der Waals surface area contributed by atoms with Crippen molar-refractivity contribution < 1.29 is 13.2 Å². The molecule has 0 bridgehead atoms. The third-order valence-electron chi connectivity index (χ3n) is 2.47. The van der Waals surface area contributed by atoms with Gasteiger partial charge in [0.2, 0.25) is 0 Å². The van der Waals surface area contributed by atoms with E-state index in [2.05, 4.69) is 5.32 Å². The van der Waals surface area contributed by atoms with Crippen molar-refractivity contribution in [2.24, 2.45) is 0 Å². The molecule has 0 spiro atoms. The van der Waals surface area contributed by atoms with Crippen molar-refractivity contribution in [3.63, 3.8) is 0 Å². The fourth-order valence-electron chi connectivity index (χ4n) is 1.61. The molecular formula is C11H19N3O3S. The summed E-state index contributed by atoms with van der Waals surface area (Å²) in [5, 5.41) is 2.68. The molecule has 0 fully saturated rings. The van der Waals surface area contributed by atoms with Crippen molar-refractivity contribution in [2.45, 2.75) is 19.9 Å². The Morgan fingerprint density at radius 2 is 2.17 bits per heavy atom. The number of aryl methyl sites for hydroxylation is 1. The monoisotopic (exact) mass is 273 g/mol. The Balaban J connectivity index is 2.50. The van der Waals surface area contributed by atoms with Gasteiger partial charge in [-0.1, -0.05) is 0 Å². The third-order valence-corrected chi connectivity index (χ3v) is 3.50. The molecule has 6 nitrogen and oxygen atoms in total. The molecule has 102 valence electrons. The lowest BCUT2D eigenvalue weighted by Crippen LogP contribution is -2.27. The first-order chi connectivity index (χ1) is 8.33. The first-order valence-electron chi connectivity index (χ1n) is 5.75. The molecule has 0 saturated heterocycles. The number of nitrogen functional groups attached to an aromatic ring is 1. The summed E-state index contributed by atoms with van der Waals surface area (Å²) in [5.74, 6) is -0.161. The van der Waals surface area contributed by atoms with Gasteiger partial charge >= 0.3 is 0 Å². The number of sulfone groups is 1. The SMILES string of the molecule is CCn1cc(N)cc1C(=O)NCCCS(C)(=O)=O. The lowest BCUT2D eigenvalue weighted by molar-refractivity contribution is 0.0944. The average molecular weight is 273 g/mol. The number of aromatic nitrogens is 1. The van der Waals surface area contributed by atoms with Gasteiger partial charge in [0.05, 0.1) is 11.4 Å². The highest BCUT2D eigenvalue weighted by atomic mass is 32.2. The second-order valence-electron chi connectivity index (χ2n) is 4.18. The van der Waals surface area contributed by atoms with Crippen molar-refractivity contribution in [2.75, 3.05) is 24.3 Å².